The predicted octanol–water partition coefficient (Wildman–Crippen LogP) is 0.0343. The van der Waals surface area contributed by atoms with Crippen LogP contribution in [0.5, 0.6) is 0 Å². The highest BCUT2D eigenvalue weighted by atomic mass is 16.2. The van der Waals surface area contributed by atoms with Crippen LogP contribution in [0.1, 0.15) is 30.0 Å². The summed E-state index contributed by atoms with van der Waals surface area (Å²) in [6, 6.07) is 8.31. The van der Waals surface area contributed by atoms with Gasteiger partial charge in [0.25, 0.3) is 5.91 Å². The van der Waals surface area contributed by atoms with E-state index in [0.29, 0.717) is 12.6 Å². The molecule has 108 valence electrons. The van der Waals surface area contributed by atoms with E-state index in [1.165, 1.54) is 18.2 Å². The molecule has 2 atom stereocenters. The third kappa shape index (κ3) is 3.36. The third-order valence-corrected chi connectivity index (χ3v) is 3.88. The Hall–Kier alpha value is -1.88. The summed E-state index contributed by atoms with van der Waals surface area (Å²) in [4.78, 5) is 24.0. The number of rotatable bonds is 3. The Morgan fingerprint density at radius 2 is 2.10 bits per heavy atom. The highest BCUT2D eigenvalue weighted by molar-refractivity contribution is 5.94. The van der Waals surface area contributed by atoms with Gasteiger partial charge in [-0.05, 0) is 18.4 Å². The van der Waals surface area contributed by atoms with Gasteiger partial charge in [-0.25, -0.2) is 4.79 Å². The Kier molecular flexibility index (Phi) is 4.74. The molecule has 0 radical (unpaired) electrons. The Morgan fingerprint density at radius 1 is 1.35 bits per heavy atom. The van der Waals surface area contributed by atoms with Crippen LogP contribution in [0.2, 0.25) is 0 Å². The maximum absolute atomic E-state index is 11.8. The minimum absolute atomic E-state index is 0.245. The smallest absolute Gasteiger partial charge is 0.321 e. The molecule has 0 saturated heterocycles. The minimum Gasteiger partial charge on any atom is -0.341 e. The van der Waals surface area contributed by atoms with Gasteiger partial charge in [-0.1, -0.05) is 24.3 Å². The molecular formula is C15H22N3O2+. The van der Waals surface area contributed by atoms with Crippen molar-refractivity contribution in [2.24, 2.45) is 0 Å². The van der Waals surface area contributed by atoms with E-state index >= 15 is 0 Å². The van der Waals surface area contributed by atoms with Gasteiger partial charge in [0.15, 0.2) is 6.54 Å². The second kappa shape index (κ2) is 6.52. The van der Waals surface area contributed by atoms with Crippen molar-refractivity contribution in [2.45, 2.75) is 25.3 Å². The van der Waals surface area contributed by atoms with Crippen LogP contribution in [0, 0.1) is 0 Å². The maximum Gasteiger partial charge on any atom is 0.321 e. The van der Waals surface area contributed by atoms with E-state index in [9.17, 15) is 9.59 Å². The van der Waals surface area contributed by atoms with Crippen LogP contribution < -0.4 is 15.5 Å². The molecule has 0 fully saturated rings. The summed E-state index contributed by atoms with van der Waals surface area (Å²) < 4.78 is 0. The monoisotopic (exact) mass is 276 g/mol. The van der Waals surface area contributed by atoms with E-state index in [1.807, 2.05) is 7.05 Å². The quantitative estimate of drug-likeness (QED) is 0.729. The highest BCUT2D eigenvalue weighted by Crippen LogP contribution is 2.27. The second-order valence-corrected chi connectivity index (χ2v) is 5.29. The Bertz CT molecular complexity index is 502. The lowest BCUT2D eigenvalue weighted by molar-refractivity contribution is -0.905. The first-order valence-corrected chi connectivity index (χ1v) is 7.03. The molecule has 0 spiro atoms. The van der Waals surface area contributed by atoms with E-state index in [1.54, 1.807) is 0 Å². The third-order valence-electron chi connectivity index (χ3n) is 3.88. The number of hydrogen-bond donors (Lipinski definition) is 3. The van der Waals surface area contributed by atoms with Gasteiger partial charge in [-0.15, -0.1) is 0 Å². The number of nitrogens with one attached hydrogen (secondary N) is 3. The number of carbonyl (C=O) groups excluding carboxylic acids is 2. The van der Waals surface area contributed by atoms with Crippen molar-refractivity contribution in [1.82, 2.24) is 10.6 Å². The van der Waals surface area contributed by atoms with Gasteiger partial charge in [0.1, 0.15) is 6.04 Å². The van der Waals surface area contributed by atoms with Crippen molar-refractivity contribution >= 4 is 11.9 Å². The number of fused-ring (bicyclic) bond motifs is 1. The number of amides is 3. The number of quaternary nitrogens is 1. The molecule has 0 bridgehead atoms. The largest absolute Gasteiger partial charge is 0.341 e. The standard InChI is InChI=1S/C15H21N3O2/c1-16-15(20)17-14(19)10-18(2)13-9-5-7-11-6-3-4-8-12(11)13/h3-4,6,8,13H,5,7,9-10H2,1-2H3,(H2,16,17,19,20)/p+1/t13-/m1/s1. The molecule has 1 aromatic carbocycles. The fourth-order valence-electron chi connectivity index (χ4n) is 2.88. The average Bonchev–Trinajstić information content (AvgIpc) is 2.46. The number of urea groups is 1. The molecule has 5 heteroatoms. The first kappa shape index (κ1) is 14.5. The molecule has 20 heavy (non-hydrogen) atoms. The topological polar surface area (TPSA) is 62.6 Å². The molecule has 0 aromatic heterocycles. The molecule has 1 aliphatic carbocycles. The summed E-state index contributed by atoms with van der Waals surface area (Å²) in [5.74, 6) is -0.245. The Balaban J connectivity index is 2.02. The van der Waals surface area contributed by atoms with Crippen LogP contribution in [0.15, 0.2) is 24.3 Å². The number of imide groups is 1. The number of aryl methyl sites for hydroxylation is 1. The fraction of sp³-hybridized carbons (Fsp3) is 0.467. The van der Waals surface area contributed by atoms with Gasteiger partial charge >= 0.3 is 6.03 Å². The predicted molar refractivity (Wildman–Crippen MR) is 76.5 cm³/mol. The van der Waals surface area contributed by atoms with Crippen molar-refractivity contribution in [2.75, 3.05) is 20.6 Å². The van der Waals surface area contributed by atoms with Crippen LogP contribution in [-0.4, -0.2) is 32.6 Å². The zero-order valence-corrected chi connectivity index (χ0v) is 12.0. The molecule has 0 heterocycles. The number of likely N-dealkylation sites (N-methyl/N-ethyl adjacent to an activating group) is 1. The van der Waals surface area contributed by atoms with Gasteiger partial charge in [0, 0.05) is 19.0 Å². The van der Waals surface area contributed by atoms with E-state index in [2.05, 4.69) is 34.9 Å². The van der Waals surface area contributed by atoms with Crippen molar-refractivity contribution in [3.63, 3.8) is 0 Å². The molecule has 1 aliphatic rings. The Morgan fingerprint density at radius 3 is 2.85 bits per heavy atom. The zero-order chi connectivity index (χ0) is 14.5. The molecule has 1 aromatic rings. The molecule has 3 N–H and O–H groups in total. The van der Waals surface area contributed by atoms with E-state index in [-0.39, 0.29) is 5.91 Å². The maximum atomic E-state index is 11.8. The van der Waals surface area contributed by atoms with Crippen molar-refractivity contribution in [3.05, 3.63) is 35.4 Å². The van der Waals surface area contributed by atoms with Crippen LogP contribution in [0.3, 0.4) is 0 Å². The van der Waals surface area contributed by atoms with Crippen LogP contribution in [0.4, 0.5) is 4.79 Å². The minimum atomic E-state index is -0.452. The van der Waals surface area contributed by atoms with Gasteiger partial charge in [0.05, 0.1) is 7.05 Å². The van der Waals surface area contributed by atoms with Crippen LogP contribution in [-0.2, 0) is 11.2 Å². The molecular weight excluding hydrogens is 254 g/mol. The summed E-state index contributed by atoms with van der Waals surface area (Å²) >= 11 is 0. The zero-order valence-electron chi connectivity index (χ0n) is 12.0. The normalized spacial score (nSPS) is 18.8. The lowest BCUT2D eigenvalue weighted by Gasteiger charge is -2.30. The summed E-state index contributed by atoms with van der Waals surface area (Å²) in [5.41, 5.74) is 2.72. The van der Waals surface area contributed by atoms with Gasteiger partial charge in [-0.3, -0.25) is 10.1 Å². The number of benzene rings is 1. The summed E-state index contributed by atoms with van der Waals surface area (Å²) in [6.45, 7) is 0.298. The summed E-state index contributed by atoms with van der Waals surface area (Å²) in [7, 11) is 3.51. The van der Waals surface area contributed by atoms with Crippen molar-refractivity contribution in [1.29, 1.82) is 0 Å². The molecule has 5 nitrogen and oxygen atoms in total. The first-order valence-electron chi connectivity index (χ1n) is 7.03. The van der Waals surface area contributed by atoms with Crippen LogP contribution >= 0.6 is 0 Å². The molecule has 1 unspecified atom stereocenters. The van der Waals surface area contributed by atoms with Gasteiger partial charge in [-0.2, -0.15) is 0 Å². The van der Waals surface area contributed by atoms with E-state index in [0.717, 1.165) is 24.2 Å². The molecule has 2 rings (SSSR count). The lowest BCUT2D eigenvalue weighted by Crippen LogP contribution is -3.10. The second-order valence-electron chi connectivity index (χ2n) is 5.29. The van der Waals surface area contributed by atoms with Gasteiger partial charge in [0.2, 0.25) is 0 Å². The van der Waals surface area contributed by atoms with E-state index in [4.69, 9.17) is 0 Å². The molecule has 3 amide bonds. The Labute approximate surface area is 119 Å². The SMILES string of the molecule is CNC(=O)NC(=O)C[NH+](C)[C@@H]1CCCc2ccccc21. The molecule has 0 saturated carbocycles. The lowest BCUT2D eigenvalue weighted by atomic mass is 9.87. The van der Waals surface area contributed by atoms with Gasteiger partial charge < -0.3 is 10.2 Å². The van der Waals surface area contributed by atoms with Crippen LogP contribution in [0.25, 0.3) is 0 Å². The molecule has 0 aliphatic heterocycles. The van der Waals surface area contributed by atoms with Crippen molar-refractivity contribution in [3.8, 4) is 0 Å². The number of carbonyl (C=O) groups is 2. The number of hydrogen-bond acceptors (Lipinski definition) is 2. The summed E-state index contributed by atoms with van der Waals surface area (Å²) in [5, 5.41) is 4.70. The van der Waals surface area contributed by atoms with E-state index < -0.39 is 6.03 Å². The van der Waals surface area contributed by atoms with Crippen molar-refractivity contribution < 1.29 is 14.5 Å². The summed E-state index contributed by atoms with van der Waals surface area (Å²) in [6.07, 6.45) is 3.34. The highest BCUT2D eigenvalue weighted by Gasteiger charge is 2.28. The fourth-order valence-corrected chi connectivity index (χ4v) is 2.88. The average molecular weight is 276 g/mol. The first-order chi connectivity index (χ1) is 9.61.